The number of benzene rings is 1. The normalized spacial score (nSPS) is 22.2. The summed E-state index contributed by atoms with van der Waals surface area (Å²) in [6, 6.07) is 7.23. The summed E-state index contributed by atoms with van der Waals surface area (Å²) in [5.74, 6) is 0.459. The summed E-state index contributed by atoms with van der Waals surface area (Å²) < 4.78 is 10.4. The zero-order valence-corrected chi connectivity index (χ0v) is 10.00. The number of carbonyl (C=O) groups excluding carboxylic acids is 1. The Labute approximate surface area is 104 Å². The average Bonchev–Trinajstić information content (AvgIpc) is 2.79. The number of carbonyl (C=O) groups is 1. The van der Waals surface area contributed by atoms with Crippen molar-refractivity contribution in [3.05, 3.63) is 40.3 Å². The molecule has 2 rings (SSSR count). The number of esters is 1. The molecular weight excluding hydrogens is 234 g/mol. The molecule has 94 valence electrons. The summed E-state index contributed by atoms with van der Waals surface area (Å²) in [5.41, 5.74) is 8.43. The molecule has 1 aliphatic rings. The van der Waals surface area contributed by atoms with Crippen LogP contribution in [0.4, 0.5) is 0 Å². The summed E-state index contributed by atoms with van der Waals surface area (Å²) in [6.07, 6.45) is 0.865. The quantitative estimate of drug-likeness (QED) is 0.354. The Bertz CT molecular complexity index is 494. The third-order valence-corrected chi connectivity index (χ3v) is 3.05. The molecule has 1 aliphatic heterocycles. The predicted molar refractivity (Wildman–Crippen MR) is 64.0 cm³/mol. The molecule has 0 spiro atoms. The van der Waals surface area contributed by atoms with Crippen molar-refractivity contribution in [2.45, 2.75) is 18.4 Å². The second kappa shape index (κ2) is 4.98. The van der Waals surface area contributed by atoms with Crippen molar-refractivity contribution >= 4 is 5.97 Å². The molecule has 0 N–H and O–H groups in total. The van der Waals surface area contributed by atoms with Crippen LogP contribution in [-0.4, -0.2) is 19.6 Å². The number of cyclic esters (lactones) is 1. The van der Waals surface area contributed by atoms with Gasteiger partial charge in [0.1, 0.15) is 11.4 Å². The molecule has 1 atom stereocenters. The van der Waals surface area contributed by atoms with Gasteiger partial charge in [-0.3, -0.25) is 4.79 Å². The van der Waals surface area contributed by atoms with Gasteiger partial charge in [0.15, 0.2) is 0 Å². The highest BCUT2D eigenvalue weighted by atomic mass is 16.6. The number of nitrogens with zero attached hydrogens (tertiary/aromatic N) is 3. The Kier molecular flexibility index (Phi) is 3.39. The van der Waals surface area contributed by atoms with Gasteiger partial charge < -0.3 is 9.47 Å². The van der Waals surface area contributed by atoms with E-state index in [4.69, 9.17) is 15.0 Å². The van der Waals surface area contributed by atoms with E-state index in [1.54, 1.807) is 19.2 Å². The molecule has 18 heavy (non-hydrogen) atoms. The van der Waals surface area contributed by atoms with Crippen LogP contribution in [0.1, 0.15) is 18.4 Å². The first-order valence-electron chi connectivity index (χ1n) is 5.57. The minimum atomic E-state index is -0.824. The molecule has 0 saturated carbocycles. The highest BCUT2D eigenvalue weighted by Gasteiger charge is 2.41. The van der Waals surface area contributed by atoms with Gasteiger partial charge in [-0.2, -0.15) is 0 Å². The fourth-order valence-corrected chi connectivity index (χ4v) is 2.07. The summed E-state index contributed by atoms with van der Waals surface area (Å²) in [6.45, 7) is 0.113. The van der Waals surface area contributed by atoms with E-state index < -0.39 is 5.60 Å². The van der Waals surface area contributed by atoms with E-state index in [0.29, 0.717) is 12.8 Å². The lowest BCUT2D eigenvalue weighted by Crippen LogP contribution is -2.29. The van der Waals surface area contributed by atoms with Gasteiger partial charge in [0.25, 0.3) is 0 Å². The molecule has 0 bridgehead atoms. The number of ether oxygens (including phenoxy) is 2. The van der Waals surface area contributed by atoms with E-state index in [1.807, 2.05) is 12.1 Å². The average molecular weight is 247 g/mol. The first-order chi connectivity index (χ1) is 8.70. The molecule has 0 radical (unpaired) electrons. The van der Waals surface area contributed by atoms with E-state index >= 15 is 0 Å². The molecular formula is C12H13N3O3. The van der Waals surface area contributed by atoms with Gasteiger partial charge in [-0.15, -0.1) is 0 Å². The molecule has 0 aromatic heterocycles. The van der Waals surface area contributed by atoms with Crippen LogP contribution in [0.15, 0.2) is 29.4 Å². The van der Waals surface area contributed by atoms with Crippen LogP contribution in [-0.2, 0) is 15.1 Å². The number of hydrogen-bond acceptors (Lipinski definition) is 4. The summed E-state index contributed by atoms with van der Waals surface area (Å²) in [4.78, 5) is 14.1. The molecule has 1 fully saturated rings. The first kappa shape index (κ1) is 12.3. The Hall–Kier alpha value is -2.20. The van der Waals surface area contributed by atoms with E-state index in [0.717, 1.165) is 11.3 Å². The summed E-state index contributed by atoms with van der Waals surface area (Å²) >= 11 is 0. The zero-order valence-electron chi connectivity index (χ0n) is 10.00. The minimum Gasteiger partial charge on any atom is -0.497 e. The fourth-order valence-electron chi connectivity index (χ4n) is 2.07. The largest absolute Gasteiger partial charge is 0.497 e. The third kappa shape index (κ3) is 2.24. The first-order valence-corrected chi connectivity index (χ1v) is 5.57. The van der Waals surface area contributed by atoms with Crippen LogP contribution in [0.2, 0.25) is 0 Å². The van der Waals surface area contributed by atoms with Gasteiger partial charge in [0.05, 0.1) is 13.7 Å². The lowest BCUT2D eigenvalue weighted by Gasteiger charge is -2.26. The number of rotatable bonds is 4. The van der Waals surface area contributed by atoms with Crippen LogP contribution >= 0.6 is 0 Å². The van der Waals surface area contributed by atoms with E-state index in [1.165, 1.54) is 0 Å². The van der Waals surface area contributed by atoms with Gasteiger partial charge in [-0.25, -0.2) is 0 Å². The van der Waals surface area contributed by atoms with Gasteiger partial charge in [0.2, 0.25) is 0 Å². The van der Waals surface area contributed by atoms with Crippen LogP contribution in [0.25, 0.3) is 10.4 Å². The van der Waals surface area contributed by atoms with Gasteiger partial charge in [-0.05, 0) is 23.2 Å². The number of hydrogen-bond donors (Lipinski definition) is 0. The molecule has 1 heterocycles. The van der Waals surface area contributed by atoms with Crippen molar-refractivity contribution in [2.75, 3.05) is 13.7 Å². The lowest BCUT2D eigenvalue weighted by molar-refractivity contribution is -0.148. The van der Waals surface area contributed by atoms with Crippen molar-refractivity contribution in [2.24, 2.45) is 5.11 Å². The van der Waals surface area contributed by atoms with Crippen molar-refractivity contribution in [3.8, 4) is 5.75 Å². The van der Waals surface area contributed by atoms with Crippen LogP contribution in [0, 0.1) is 0 Å². The van der Waals surface area contributed by atoms with Crippen LogP contribution < -0.4 is 4.74 Å². The highest BCUT2D eigenvalue weighted by Crippen LogP contribution is 2.37. The maximum atomic E-state index is 11.3. The zero-order chi connectivity index (χ0) is 13.0. The van der Waals surface area contributed by atoms with E-state index in [2.05, 4.69) is 10.0 Å². The molecule has 6 heteroatoms. The Morgan fingerprint density at radius 1 is 1.50 bits per heavy atom. The summed E-state index contributed by atoms with van der Waals surface area (Å²) in [7, 11) is 1.58. The van der Waals surface area contributed by atoms with Crippen LogP contribution in [0.5, 0.6) is 5.75 Å². The molecule has 6 nitrogen and oxygen atoms in total. The van der Waals surface area contributed by atoms with E-state index in [-0.39, 0.29) is 12.5 Å². The number of methoxy groups -OCH3 is 1. The Morgan fingerprint density at radius 3 is 2.72 bits per heavy atom. The number of azide groups is 1. The van der Waals surface area contributed by atoms with Gasteiger partial charge in [0, 0.05) is 17.8 Å². The standard InChI is InChI=1S/C12H13N3O3/c1-17-10-4-2-9(3-5-10)12(8-14-15-13)7-6-11(16)18-12/h2-5H,6-8H2,1H3/t12-/m1/s1. The van der Waals surface area contributed by atoms with Gasteiger partial charge >= 0.3 is 5.97 Å². The monoisotopic (exact) mass is 247 g/mol. The van der Waals surface area contributed by atoms with Crippen LogP contribution in [0.3, 0.4) is 0 Å². The molecule has 1 saturated heterocycles. The van der Waals surface area contributed by atoms with E-state index in [9.17, 15) is 4.79 Å². The lowest BCUT2D eigenvalue weighted by atomic mass is 9.91. The van der Waals surface area contributed by atoms with Crippen molar-refractivity contribution in [3.63, 3.8) is 0 Å². The highest BCUT2D eigenvalue weighted by molar-refractivity contribution is 5.72. The van der Waals surface area contributed by atoms with Gasteiger partial charge in [-0.1, -0.05) is 17.2 Å². The minimum absolute atomic E-state index is 0.113. The summed E-state index contributed by atoms with van der Waals surface area (Å²) in [5, 5.41) is 3.55. The maximum absolute atomic E-state index is 11.3. The molecule has 0 unspecified atom stereocenters. The topological polar surface area (TPSA) is 84.3 Å². The molecule has 0 aliphatic carbocycles. The predicted octanol–water partition coefficient (Wildman–Crippen LogP) is 2.54. The molecule has 1 aromatic carbocycles. The second-order valence-electron chi connectivity index (χ2n) is 4.09. The SMILES string of the molecule is COc1ccc([C@]2(CN=[N+]=[N-])CCC(=O)O2)cc1. The van der Waals surface area contributed by atoms with Crippen molar-refractivity contribution in [1.82, 2.24) is 0 Å². The van der Waals surface area contributed by atoms with Crippen molar-refractivity contribution < 1.29 is 14.3 Å². The Morgan fingerprint density at radius 2 is 2.22 bits per heavy atom. The Balaban J connectivity index is 2.33. The maximum Gasteiger partial charge on any atom is 0.306 e. The van der Waals surface area contributed by atoms with Crippen molar-refractivity contribution in [1.29, 1.82) is 0 Å². The second-order valence-corrected chi connectivity index (χ2v) is 4.09. The smallest absolute Gasteiger partial charge is 0.306 e. The molecule has 1 aromatic rings. The third-order valence-electron chi connectivity index (χ3n) is 3.05. The molecule has 0 amide bonds. The fraction of sp³-hybridized carbons (Fsp3) is 0.417.